The smallest absolute Gasteiger partial charge is 0.341 e. The minimum Gasteiger partial charge on any atom is -0.374 e. The maximum Gasteiger partial charge on any atom is 0.341 e. The van der Waals surface area contributed by atoms with E-state index in [1.165, 1.54) is 12.1 Å². The molecule has 0 bridgehead atoms. The first-order chi connectivity index (χ1) is 9.64. The fraction of sp³-hybridized carbons (Fsp3) is 0.462. The molecule has 5 nitrogen and oxygen atoms in total. The van der Waals surface area contributed by atoms with Crippen molar-refractivity contribution in [3.8, 4) is 0 Å². The lowest BCUT2D eigenvalue weighted by Gasteiger charge is -2.17. The zero-order chi connectivity index (χ0) is 16.2. The van der Waals surface area contributed by atoms with Gasteiger partial charge < -0.3 is 10.6 Å². The Kier molecular flexibility index (Phi) is 5.65. The molecule has 1 aromatic carbocycles. The van der Waals surface area contributed by atoms with Gasteiger partial charge in [0, 0.05) is 11.7 Å². The number of carbonyl (C=O) groups excluding carboxylic acids is 1. The first-order valence-electron chi connectivity index (χ1n) is 6.33. The maximum atomic E-state index is 12.4. The third kappa shape index (κ3) is 4.66. The molecule has 8 heteroatoms. The molecule has 1 unspecified atom stereocenters. The molecule has 0 aromatic heterocycles. The molecule has 1 aromatic rings. The van der Waals surface area contributed by atoms with Gasteiger partial charge in [0.15, 0.2) is 0 Å². The first kappa shape index (κ1) is 17.4. The van der Waals surface area contributed by atoms with Gasteiger partial charge in [0.05, 0.1) is 4.90 Å². The molecule has 0 heterocycles. The van der Waals surface area contributed by atoms with Crippen molar-refractivity contribution in [2.45, 2.75) is 43.5 Å². The third-order valence-electron chi connectivity index (χ3n) is 2.62. The number of rotatable bonds is 6. The van der Waals surface area contributed by atoms with Crippen LogP contribution in [-0.2, 0) is 14.6 Å². The summed E-state index contributed by atoms with van der Waals surface area (Å²) in [6.07, 6.45) is 0. The number of nitrogens with one attached hydrogen (secondary N) is 2. The normalized spacial score (nSPS) is 13.3. The highest BCUT2D eigenvalue weighted by molar-refractivity contribution is 7.91. The molecule has 0 radical (unpaired) electrons. The molecule has 0 fully saturated rings. The summed E-state index contributed by atoms with van der Waals surface area (Å²) in [7, 11) is -4.59. The number of sulfone groups is 1. The molecular formula is C13H18F2N2O3S. The van der Waals surface area contributed by atoms with Crippen molar-refractivity contribution in [1.82, 2.24) is 5.32 Å². The monoisotopic (exact) mass is 320 g/mol. The van der Waals surface area contributed by atoms with Gasteiger partial charge in [-0.25, -0.2) is 8.42 Å². The van der Waals surface area contributed by atoms with Crippen LogP contribution < -0.4 is 10.6 Å². The van der Waals surface area contributed by atoms with E-state index >= 15 is 0 Å². The molecule has 0 saturated carbocycles. The number of hydrogen-bond donors (Lipinski definition) is 2. The standard InChI is InChI=1S/C13H18F2N2O3S/c1-8(2)16-12(18)9(3)17-10-4-6-11(7-5-10)21(19,20)13(14)15/h4-9,13,17H,1-3H3,(H,16,18). The van der Waals surface area contributed by atoms with Gasteiger partial charge >= 0.3 is 5.76 Å². The van der Waals surface area contributed by atoms with Gasteiger partial charge in [-0.05, 0) is 45.0 Å². The topological polar surface area (TPSA) is 75.3 Å². The molecule has 1 amide bonds. The van der Waals surface area contributed by atoms with Crippen molar-refractivity contribution in [2.75, 3.05) is 5.32 Å². The lowest BCUT2D eigenvalue weighted by atomic mass is 10.2. The Morgan fingerprint density at radius 1 is 1.10 bits per heavy atom. The number of amides is 1. The zero-order valence-corrected chi connectivity index (χ0v) is 12.7. The Bertz CT molecular complexity index is 586. The van der Waals surface area contributed by atoms with Crippen LogP contribution >= 0.6 is 0 Å². The van der Waals surface area contributed by atoms with Crippen molar-refractivity contribution in [1.29, 1.82) is 0 Å². The van der Waals surface area contributed by atoms with Crippen LogP contribution in [0, 0.1) is 0 Å². The Labute approximate surface area is 122 Å². The van der Waals surface area contributed by atoms with Gasteiger partial charge in [0.25, 0.3) is 0 Å². The quantitative estimate of drug-likeness (QED) is 0.841. The first-order valence-corrected chi connectivity index (χ1v) is 7.88. The fourth-order valence-corrected chi connectivity index (χ4v) is 2.29. The maximum absolute atomic E-state index is 12.4. The van der Waals surface area contributed by atoms with Crippen LogP contribution in [0.2, 0.25) is 0 Å². The summed E-state index contributed by atoms with van der Waals surface area (Å²) >= 11 is 0. The molecular weight excluding hydrogens is 302 g/mol. The minimum absolute atomic E-state index is 0.000288. The highest BCUT2D eigenvalue weighted by Crippen LogP contribution is 2.20. The number of anilines is 1. The van der Waals surface area contributed by atoms with Crippen LogP contribution in [0.3, 0.4) is 0 Å². The lowest BCUT2D eigenvalue weighted by molar-refractivity contribution is -0.122. The van der Waals surface area contributed by atoms with E-state index in [2.05, 4.69) is 10.6 Å². The van der Waals surface area contributed by atoms with E-state index in [4.69, 9.17) is 0 Å². The Morgan fingerprint density at radius 2 is 1.62 bits per heavy atom. The van der Waals surface area contributed by atoms with Crippen LogP contribution in [0.4, 0.5) is 14.5 Å². The number of hydrogen-bond acceptors (Lipinski definition) is 4. The number of alkyl halides is 2. The van der Waals surface area contributed by atoms with Gasteiger partial charge in [0.2, 0.25) is 15.7 Å². The Hall–Kier alpha value is -1.70. The van der Waals surface area contributed by atoms with Crippen LogP contribution in [0.25, 0.3) is 0 Å². The second-order valence-corrected chi connectivity index (χ2v) is 6.78. The van der Waals surface area contributed by atoms with Crippen molar-refractivity contribution in [2.24, 2.45) is 0 Å². The average molecular weight is 320 g/mol. The van der Waals surface area contributed by atoms with Crippen LogP contribution in [0.15, 0.2) is 29.2 Å². The number of carbonyl (C=O) groups is 1. The molecule has 0 aliphatic carbocycles. The Balaban J connectivity index is 2.78. The van der Waals surface area contributed by atoms with E-state index in [0.717, 1.165) is 12.1 Å². The molecule has 2 N–H and O–H groups in total. The summed E-state index contributed by atoms with van der Waals surface area (Å²) in [6, 6.07) is 4.31. The lowest BCUT2D eigenvalue weighted by Crippen LogP contribution is -2.40. The van der Waals surface area contributed by atoms with E-state index in [-0.39, 0.29) is 11.9 Å². The van der Waals surface area contributed by atoms with E-state index < -0.39 is 26.5 Å². The van der Waals surface area contributed by atoms with E-state index in [1.54, 1.807) is 6.92 Å². The van der Waals surface area contributed by atoms with Crippen LogP contribution in [0.1, 0.15) is 20.8 Å². The summed E-state index contributed by atoms with van der Waals surface area (Å²) in [5, 5.41) is 5.58. The van der Waals surface area contributed by atoms with Gasteiger partial charge in [-0.2, -0.15) is 8.78 Å². The summed E-state index contributed by atoms with van der Waals surface area (Å²) in [5.41, 5.74) is 0.467. The van der Waals surface area contributed by atoms with E-state index in [1.807, 2.05) is 13.8 Å². The largest absolute Gasteiger partial charge is 0.374 e. The highest BCUT2D eigenvalue weighted by Gasteiger charge is 2.26. The molecule has 0 saturated heterocycles. The van der Waals surface area contributed by atoms with Crippen LogP contribution in [0.5, 0.6) is 0 Å². The van der Waals surface area contributed by atoms with Crippen molar-refractivity contribution in [3.05, 3.63) is 24.3 Å². The summed E-state index contributed by atoms with van der Waals surface area (Å²) in [6.45, 7) is 5.30. The number of benzene rings is 1. The zero-order valence-electron chi connectivity index (χ0n) is 11.9. The van der Waals surface area contributed by atoms with Gasteiger partial charge in [-0.3, -0.25) is 4.79 Å². The molecule has 1 atom stereocenters. The molecule has 1 rings (SSSR count). The fourth-order valence-electron chi connectivity index (χ4n) is 1.57. The van der Waals surface area contributed by atoms with Crippen molar-refractivity contribution >= 4 is 21.4 Å². The molecule has 0 aliphatic heterocycles. The summed E-state index contributed by atoms with van der Waals surface area (Å²) in [4.78, 5) is 11.2. The SMILES string of the molecule is CC(C)NC(=O)C(C)Nc1ccc(S(=O)(=O)C(F)F)cc1. The predicted molar refractivity (Wildman–Crippen MR) is 76.0 cm³/mol. The number of halogens is 2. The van der Waals surface area contributed by atoms with E-state index in [0.29, 0.717) is 5.69 Å². The van der Waals surface area contributed by atoms with Crippen LogP contribution in [-0.4, -0.2) is 32.2 Å². The average Bonchev–Trinajstić information content (AvgIpc) is 2.38. The molecule has 21 heavy (non-hydrogen) atoms. The second-order valence-electron chi connectivity index (χ2n) is 4.86. The molecule has 0 spiro atoms. The Morgan fingerprint density at radius 3 is 2.05 bits per heavy atom. The molecule has 118 valence electrons. The summed E-state index contributed by atoms with van der Waals surface area (Å²) in [5.74, 6) is -3.67. The van der Waals surface area contributed by atoms with Gasteiger partial charge in [0.1, 0.15) is 6.04 Å². The van der Waals surface area contributed by atoms with Gasteiger partial charge in [-0.1, -0.05) is 0 Å². The minimum atomic E-state index is -4.59. The highest BCUT2D eigenvalue weighted by atomic mass is 32.2. The van der Waals surface area contributed by atoms with Crippen molar-refractivity contribution in [3.63, 3.8) is 0 Å². The third-order valence-corrected chi connectivity index (χ3v) is 4.02. The van der Waals surface area contributed by atoms with Gasteiger partial charge in [-0.15, -0.1) is 0 Å². The molecule has 0 aliphatic rings. The predicted octanol–water partition coefficient (Wildman–Crippen LogP) is 2.01. The van der Waals surface area contributed by atoms with E-state index in [9.17, 15) is 22.0 Å². The van der Waals surface area contributed by atoms with Crippen molar-refractivity contribution < 1.29 is 22.0 Å². The summed E-state index contributed by atoms with van der Waals surface area (Å²) < 4.78 is 47.3. The second kappa shape index (κ2) is 6.84.